The van der Waals surface area contributed by atoms with E-state index in [9.17, 15) is 14.0 Å². The predicted octanol–water partition coefficient (Wildman–Crippen LogP) is 2.94. The molecule has 1 atom stereocenters. The lowest BCUT2D eigenvalue weighted by Crippen LogP contribution is -2.53. The maximum Gasteiger partial charge on any atom is 0.412 e. The average molecular weight is 350 g/mol. The molecule has 1 aromatic rings. The van der Waals surface area contributed by atoms with Crippen LogP contribution in [0.15, 0.2) is 24.3 Å². The van der Waals surface area contributed by atoms with Gasteiger partial charge in [0.25, 0.3) is 5.91 Å². The molecule has 1 saturated heterocycles. The van der Waals surface area contributed by atoms with Crippen LogP contribution in [0.2, 0.25) is 5.02 Å². The number of ether oxygens (including phenoxy) is 1. The molecule has 2 heterocycles. The first kappa shape index (κ1) is 16.3. The van der Waals surface area contributed by atoms with E-state index in [1.54, 1.807) is 6.07 Å². The van der Waals surface area contributed by atoms with Crippen molar-refractivity contribution in [1.82, 2.24) is 4.90 Å². The van der Waals surface area contributed by atoms with Gasteiger partial charge in [0.2, 0.25) is 0 Å². The highest BCUT2D eigenvalue weighted by Crippen LogP contribution is 2.45. The highest BCUT2D eigenvalue weighted by atomic mass is 35.5. The van der Waals surface area contributed by atoms with Crippen molar-refractivity contribution in [2.45, 2.75) is 18.4 Å². The van der Waals surface area contributed by atoms with Crippen molar-refractivity contribution in [2.75, 3.05) is 18.4 Å². The second kappa shape index (κ2) is 5.80. The molecule has 0 unspecified atom stereocenters. The number of nitriles is 1. The van der Waals surface area contributed by atoms with E-state index in [1.165, 1.54) is 17.0 Å². The highest BCUT2D eigenvalue weighted by Gasteiger charge is 2.48. The number of amides is 2. The van der Waals surface area contributed by atoms with Gasteiger partial charge in [0.1, 0.15) is 11.6 Å². The van der Waals surface area contributed by atoms with Crippen molar-refractivity contribution in [1.29, 1.82) is 5.26 Å². The molecule has 0 aromatic heterocycles. The summed E-state index contributed by atoms with van der Waals surface area (Å²) in [6, 6.07) is 4.54. The van der Waals surface area contributed by atoms with Crippen molar-refractivity contribution >= 4 is 29.3 Å². The molecule has 0 radical (unpaired) electrons. The molecule has 0 saturated carbocycles. The number of carbonyl (C=O) groups excluding carboxylic acids is 2. The van der Waals surface area contributed by atoms with Crippen LogP contribution in [-0.2, 0) is 15.1 Å². The molecular weight excluding hydrogens is 337 g/mol. The number of hydrogen-bond acceptors (Lipinski definition) is 4. The van der Waals surface area contributed by atoms with Crippen LogP contribution in [0.5, 0.6) is 0 Å². The van der Waals surface area contributed by atoms with Gasteiger partial charge in [0.05, 0.1) is 22.8 Å². The minimum atomic E-state index is -1.34. The fourth-order valence-corrected chi connectivity index (χ4v) is 3.34. The van der Waals surface area contributed by atoms with E-state index >= 15 is 0 Å². The van der Waals surface area contributed by atoms with Crippen LogP contribution in [-0.4, -0.2) is 30.0 Å². The van der Waals surface area contributed by atoms with E-state index < -0.39 is 23.4 Å². The van der Waals surface area contributed by atoms with Gasteiger partial charge in [0.15, 0.2) is 11.4 Å². The molecule has 1 fully saturated rings. The Hall–Kier alpha value is -2.59. The number of halogens is 2. The Morgan fingerprint density at radius 1 is 1.54 bits per heavy atom. The van der Waals surface area contributed by atoms with Gasteiger partial charge < -0.3 is 9.64 Å². The summed E-state index contributed by atoms with van der Waals surface area (Å²) in [4.78, 5) is 25.5. The van der Waals surface area contributed by atoms with Crippen LogP contribution in [0.25, 0.3) is 0 Å². The zero-order valence-corrected chi connectivity index (χ0v) is 13.3. The molecule has 124 valence electrons. The second-order valence-corrected chi connectivity index (χ2v) is 6.12. The van der Waals surface area contributed by atoms with E-state index in [2.05, 4.69) is 11.9 Å². The molecule has 2 aliphatic heterocycles. The van der Waals surface area contributed by atoms with Gasteiger partial charge in [0, 0.05) is 6.54 Å². The second-order valence-electron chi connectivity index (χ2n) is 5.71. The predicted molar refractivity (Wildman–Crippen MR) is 83.8 cm³/mol. The third kappa shape index (κ3) is 2.49. The summed E-state index contributed by atoms with van der Waals surface area (Å²) < 4.78 is 20.1. The lowest BCUT2D eigenvalue weighted by molar-refractivity contribution is -0.134. The number of nitrogens with zero attached hydrogens (tertiary/aromatic N) is 2. The highest BCUT2D eigenvalue weighted by molar-refractivity contribution is 6.31. The first-order valence-electron chi connectivity index (χ1n) is 7.25. The van der Waals surface area contributed by atoms with E-state index in [0.717, 1.165) is 0 Å². The molecule has 2 amide bonds. The van der Waals surface area contributed by atoms with Crippen LogP contribution < -0.4 is 5.32 Å². The number of fused-ring (bicyclic) bond motifs is 2. The van der Waals surface area contributed by atoms with Gasteiger partial charge in [-0.25, -0.2) is 9.18 Å². The average Bonchev–Trinajstić information content (AvgIpc) is 2.56. The fraction of sp³-hybridized carbons (Fsp3) is 0.312. The Balaban J connectivity index is 2.06. The third-order valence-electron chi connectivity index (χ3n) is 4.21. The van der Waals surface area contributed by atoms with Gasteiger partial charge in [-0.1, -0.05) is 18.2 Å². The fourth-order valence-electron chi connectivity index (χ4n) is 3.19. The molecule has 1 spiro atoms. The van der Waals surface area contributed by atoms with Crippen LogP contribution in [0.4, 0.5) is 14.9 Å². The summed E-state index contributed by atoms with van der Waals surface area (Å²) >= 11 is 5.88. The summed E-state index contributed by atoms with van der Waals surface area (Å²) in [6.45, 7) is 3.70. The van der Waals surface area contributed by atoms with E-state index in [0.29, 0.717) is 19.4 Å². The van der Waals surface area contributed by atoms with Gasteiger partial charge in [-0.05, 0) is 25.0 Å². The molecule has 0 aliphatic carbocycles. The van der Waals surface area contributed by atoms with Crippen molar-refractivity contribution in [2.24, 2.45) is 0 Å². The number of piperidine rings is 1. The quantitative estimate of drug-likeness (QED) is 0.624. The SMILES string of the molecule is C=C(C#N)C(=O)N1CCC[C@@]2(C1)OC(=O)Nc1ccc(Cl)c(F)c12. The molecule has 6 nitrogen and oxygen atoms in total. The minimum absolute atomic E-state index is 0.0653. The number of benzene rings is 1. The van der Waals surface area contributed by atoms with Gasteiger partial charge in [-0.15, -0.1) is 0 Å². The Morgan fingerprint density at radius 2 is 2.29 bits per heavy atom. The van der Waals surface area contributed by atoms with Gasteiger partial charge in [-0.2, -0.15) is 5.26 Å². The number of rotatable bonds is 1. The number of nitrogens with one attached hydrogen (secondary N) is 1. The maximum absolute atomic E-state index is 14.7. The lowest BCUT2D eigenvalue weighted by atomic mass is 9.83. The summed E-state index contributed by atoms with van der Waals surface area (Å²) in [5, 5.41) is 11.2. The minimum Gasteiger partial charge on any atom is -0.436 e. The van der Waals surface area contributed by atoms with Crippen molar-refractivity contribution < 1.29 is 18.7 Å². The van der Waals surface area contributed by atoms with E-state index in [4.69, 9.17) is 21.6 Å². The molecule has 2 aliphatic rings. The number of likely N-dealkylation sites (tertiary alicyclic amines) is 1. The molecule has 24 heavy (non-hydrogen) atoms. The van der Waals surface area contributed by atoms with Gasteiger partial charge >= 0.3 is 6.09 Å². The van der Waals surface area contributed by atoms with Crippen LogP contribution >= 0.6 is 11.6 Å². The molecule has 0 bridgehead atoms. The zero-order chi connectivity index (χ0) is 17.5. The van der Waals surface area contributed by atoms with E-state index in [-0.39, 0.29) is 28.4 Å². The molecular formula is C16H13ClFN3O3. The Labute approximate surface area is 142 Å². The third-order valence-corrected chi connectivity index (χ3v) is 4.50. The zero-order valence-electron chi connectivity index (χ0n) is 12.6. The summed E-state index contributed by atoms with van der Waals surface area (Å²) in [6.07, 6.45) is 0.0917. The van der Waals surface area contributed by atoms with Crippen molar-refractivity contribution in [3.05, 3.63) is 40.7 Å². The Kier molecular flexibility index (Phi) is 3.93. The Morgan fingerprint density at radius 3 is 3.00 bits per heavy atom. The maximum atomic E-state index is 14.7. The van der Waals surface area contributed by atoms with Gasteiger partial charge in [-0.3, -0.25) is 10.1 Å². The topological polar surface area (TPSA) is 82.4 Å². The smallest absolute Gasteiger partial charge is 0.412 e. The number of hydrogen-bond donors (Lipinski definition) is 1. The number of anilines is 1. The molecule has 3 rings (SSSR count). The molecule has 1 N–H and O–H groups in total. The first-order valence-corrected chi connectivity index (χ1v) is 7.62. The van der Waals surface area contributed by atoms with E-state index in [1.807, 2.05) is 0 Å². The molecule has 8 heteroatoms. The van der Waals surface area contributed by atoms with Crippen LogP contribution in [0, 0.1) is 17.1 Å². The van der Waals surface area contributed by atoms with Crippen LogP contribution in [0.1, 0.15) is 18.4 Å². The molecule has 1 aromatic carbocycles. The summed E-state index contributed by atoms with van der Waals surface area (Å²) in [7, 11) is 0. The Bertz CT molecular complexity index is 804. The summed E-state index contributed by atoms with van der Waals surface area (Å²) in [5.74, 6) is -1.25. The summed E-state index contributed by atoms with van der Waals surface area (Å²) in [5.41, 5.74) is -1.17. The van der Waals surface area contributed by atoms with Crippen molar-refractivity contribution in [3.63, 3.8) is 0 Å². The lowest BCUT2D eigenvalue weighted by Gasteiger charge is -2.45. The standard InChI is InChI=1S/C16H13ClFN3O3/c1-9(7-19)14(22)21-6-2-5-16(8-21)12-11(20-15(23)24-16)4-3-10(17)13(12)18/h3-4H,1-2,5-6,8H2,(H,20,23)/t16-/m0/s1. The van der Waals surface area contributed by atoms with Crippen molar-refractivity contribution in [3.8, 4) is 6.07 Å². The largest absolute Gasteiger partial charge is 0.436 e. The first-order chi connectivity index (χ1) is 11.4. The monoisotopic (exact) mass is 349 g/mol. The normalized spacial score (nSPS) is 22.2. The number of carbonyl (C=O) groups is 2. The van der Waals surface area contributed by atoms with Crippen LogP contribution in [0.3, 0.4) is 0 Å².